The van der Waals surface area contributed by atoms with E-state index in [9.17, 15) is 8.78 Å². The van der Waals surface area contributed by atoms with Crippen molar-refractivity contribution in [2.24, 2.45) is 5.73 Å². The van der Waals surface area contributed by atoms with E-state index in [1.165, 1.54) is 12.1 Å². The lowest BCUT2D eigenvalue weighted by Gasteiger charge is -2.11. The molecule has 0 heterocycles. The second-order valence-corrected chi connectivity index (χ2v) is 3.34. The predicted octanol–water partition coefficient (Wildman–Crippen LogP) is 3.09. The molecule has 0 fully saturated rings. The summed E-state index contributed by atoms with van der Waals surface area (Å²) >= 11 is 0. The topological polar surface area (TPSA) is 35.2 Å². The van der Waals surface area contributed by atoms with Gasteiger partial charge in [0, 0.05) is 6.04 Å². The van der Waals surface area contributed by atoms with Crippen LogP contribution in [0, 0.1) is 0 Å². The maximum absolute atomic E-state index is 11.9. The van der Waals surface area contributed by atoms with Gasteiger partial charge in [0.2, 0.25) is 0 Å². The summed E-state index contributed by atoms with van der Waals surface area (Å²) in [5.41, 5.74) is 6.81. The molecule has 2 N–H and O–H groups in total. The van der Waals surface area contributed by atoms with Crippen LogP contribution >= 0.6 is 0 Å². The molecule has 4 heteroatoms. The van der Waals surface area contributed by atoms with Crippen molar-refractivity contribution in [3.63, 3.8) is 0 Å². The quantitative estimate of drug-likeness (QED) is 0.819. The summed E-state index contributed by atoms with van der Waals surface area (Å²) in [5.74, 6) is 0.164. The number of ether oxygens (including phenoxy) is 1. The standard InChI is InChI=1S/C11H15F2NO/c1-2-3-10(14)8-4-6-9(7-5-8)15-11(12)13/h4-7,10-11H,2-3,14H2,1H3. The third-order valence-electron chi connectivity index (χ3n) is 2.13. The molecule has 1 aromatic rings. The maximum Gasteiger partial charge on any atom is 0.387 e. The van der Waals surface area contributed by atoms with Gasteiger partial charge in [-0.15, -0.1) is 0 Å². The molecule has 0 radical (unpaired) electrons. The van der Waals surface area contributed by atoms with E-state index in [2.05, 4.69) is 4.74 Å². The summed E-state index contributed by atoms with van der Waals surface area (Å²) in [5, 5.41) is 0. The molecule has 1 unspecified atom stereocenters. The molecule has 1 rings (SSSR count). The van der Waals surface area contributed by atoms with Gasteiger partial charge in [-0.05, 0) is 24.1 Å². The van der Waals surface area contributed by atoms with E-state index in [-0.39, 0.29) is 11.8 Å². The van der Waals surface area contributed by atoms with Crippen LogP contribution in [0.3, 0.4) is 0 Å². The van der Waals surface area contributed by atoms with Gasteiger partial charge in [0.15, 0.2) is 0 Å². The van der Waals surface area contributed by atoms with Crippen molar-refractivity contribution in [3.8, 4) is 5.75 Å². The first-order chi connectivity index (χ1) is 7.13. The average Bonchev–Trinajstić information content (AvgIpc) is 2.18. The molecule has 0 aliphatic heterocycles. The summed E-state index contributed by atoms with van der Waals surface area (Å²) in [6.45, 7) is -0.728. The molecule has 0 saturated heterocycles. The fourth-order valence-corrected chi connectivity index (χ4v) is 1.37. The number of rotatable bonds is 5. The van der Waals surface area contributed by atoms with Gasteiger partial charge >= 0.3 is 6.61 Å². The van der Waals surface area contributed by atoms with Gasteiger partial charge in [0.1, 0.15) is 5.75 Å². The molecular formula is C11H15F2NO. The molecule has 15 heavy (non-hydrogen) atoms. The van der Waals surface area contributed by atoms with E-state index < -0.39 is 6.61 Å². The largest absolute Gasteiger partial charge is 0.435 e. The van der Waals surface area contributed by atoms with Crippen molar-refractivity contribution in [2.75, 3.05) is 0 Å². The molecule has 0 spiro atoms. The van der Waals surface area contributed by atoms with E-state index in [0.717, 1.165) is 18.4 Å². The number of benzene rings is 1. The molecular weight excluding hydrogens is 200 g/mol. The van der Waals surface area contributed by atoms with Crippen LogP contribution in [-0.2, 0) is 0 Å². The third kappa shape index (κ3) is 3.83. The summed E-state index contributed by atoms with van der Waals surface area (Å²) in [7, 11) is 0. The van der Waals surface area contributed by atoms with Gasteiger partial charge in [-0.1, -0.05) is 25.5 Å². The lowest BCUT2D eigenvalue weighted by molar-refractivity contribution is -0.0498. The van der Waals surface area contributed by atoms with Crippen molar-refractivity contribution >= 4 is 0 Å². The van der Waals surface area contributed by atoms with Gasteiger partial charge in [-0.2, -0.15) is 8.78 Å². The third-order valence-corrected chi connectivity index (χ3v) is 2.13. The van der Waals surface area contributed by atoms with Crippen LogP contribution in [0.25, 0.3) is 0 Å². The van der Waals surface area contributed by atoms with Crippen molar-refractivity contribution in [1.82, 2.24) is 0 Å². The lowest BCUT2D eigenvalue weighted by Crippen LogP contribution is -2.09. The number of hydrogen-bond donors (Lipinski definition) is 1. The van der Waals surface area contributed by atoms with Gasteiger partial charge in [-0.25, -0.2) is 0 Å². The minimum absolute atomic E-state index is 0.0319. The van der Waals surface area contributed by atoms with Gasteiger partial charge in [0.25, 0.3) is 0 Å². The molecule has 0 amide bonds. The Bertz CT molecular complexity index is 287. The van der Waals surface area contributed by atoms with Crippen molar-refractivity contribution < 1.29 is 13.5 Å². The van der Waals surface area contributed by atoms with Crippen molar-refractivity contribution in [1.29, 1.82) is 0 Å². The van der Waals surface area contributed by atoms with Crippen LogP contribution in [0.1, 0.15) is 31.4 Å². The number of hydrogen-bond acceptors (Lipinski definition) is 2. The first-order valence-electron chi connectivity index (χ1n) is 4.93. The predicted molar refractivity (Wildman–Crippen MR) is 54.9 cm³/mol. The minimum Gasteiger partial charge on any atom is -0.435 e. The smallest absolute Gasteiger partial charge is 0.387 e. The van der Waals surface area contributed by atoms with Crippen LogP contribution < -0.4 is 10.5 Å². The van der Waals surface area contributed by atoms with Gasteiger partial charge in [0.05, 0.1) is 0 Å². The molecule has 0 aliphatic rings. The minimum atomic E-state index is -2.78. The summed E-state index contributed by atoms with van der Waals surface area (Å²) in [4.78, 5) is 0. The van der Waals surface area contributed by atoms with Gasteiger partial charge in [-0.3, -0.25) is 0 Å². The molecule has 0 aromatic heterocycles. The zero-order chi connectivity index (χ0) is 11.3. The maximum atomic E-state index is 11.9. The Hall–Kier alpha value is -1.16. The Balaban J connectivity index is 2.63. The fourth-order valence-electron chi connectivity index (χ4n) is 1.37. The molecule has 0 aliphatic carbocycles. The monoisotopic (exact) mass is 215 g/mol. The van der Waals surface area contributed by atoms with Crippen LogP contribution in [0.4, 0.5) is 8.78 Å². The van der Waals surface area contributed by atoms with E-state index in [0.29, 0.717) is 0 Å². The van der Waals surface area contributed by atoms with Crippen LogP contribution in [0.2, 0.25) is 0 Å². The van der Waals surface area contributed by atoms with Gasteiger partial charge < -0.3 is 10.5 Å². The Morgan fingerprint density at radius 1 is 1.27 bits per heavy atom. The molecule has 0 saturated carbocycles. The summed E-state index contributed by atoms with van der Waals surface area (Å²) in [6.07, 6.45) is 1.88. The number of alkyl halides is 2. The molecule has 1 aromatic carbocycles. The highest BCUT2D eigenvalue weighted by Crippen LogP contribution is 2.20. The molecule has 1 atom stereocenters. The first-order valence-corrected chi connectivity index (χ1v) is 4.93. The van der Waals surface area contributed by atoms with Crippen molar-refractivity contribution in [2.45, 2.75) is 32.4 Å². The second-order valence-electron chi connectivity index (χ2n) is 3.34. The van der Waals surface area contributed by atoms with Crippen LogP contribution in [0.15, 0.2) is 24.3 Å². The summed E-state index contributed by atoms with van der Waals surface area (Å²) < 4.78 is 27.9. The molecule has 0 bridgehead atoms. The molecule has 84 valence electrons. The Morgan fingerprint density at radius 2 is 1.87 bits per heavy atom. The number of nitrogens with two attached hydrogens (primary N) is 1. The summed E-state index contributed by atoms with van der Waals surface area (Å²) in [6, 6.07) is 6.43. The fraction of sp³-hybridized carbons (Fsp3) is 0.455. The lowest BCUT2D eigenvalue weighted by atomic mass is 10.0. The van der Waals surface area contributed by atoms with Crippen LogP contribution in [-0.4, -0.2) is 6.61 Å². The van der Waals surface area contributed by atoms with E-state index in [1.807, 2.05) is 6.92 Å². The number of halogens is 2. The highest BCUT2D eigenvalue weighted by Gasteiger charge is 2.06. The second kappa shape index (κ2) is 5.66. The first kappa shape index (κ1) is 11.9. The SMILES string of the molecule is CCCC(N)c1ccc(OC(F)F)cc1. The highest BCUT2D eigenvalue weighted by molar-refractivity contribution is 5.28. The Morgan fingerprint density at radius 3 is 2.33 bits per heavy atom. The Labute approximate surface area is 88.0 Å². The van der Waals surface area contributed by atoms with E-state index in [4.69, 9.17) is 5.73 Å². The van der Waals surface area contributed by atoms with Crippen LogP contribution in [0.5, 0.6) is 5.75 Å². The highest BCUT2D eigenvalue weighted by atomic mass is 19.3. The van der Waals surface area contributed by atoms with Crippen molar-refractivity contribution in [3.05, 3.63) is 29.8 Å². The Kier molecular flexibility index (Phi) is 4.49. The van der Waals surface area contributed by atoms with E-state index in [1.54, 1.807) is 12.1 Å². The van der Waals surface area contributed by atoms with E-state index >= 15 is 0 Å². The normalized spacial score (nSPS) is 12.9. The zero-order valence-electron chi connectivity index (χ0n) is 8.62. The molecule has 2 nitrogen and oxygen atoms in total. The zero-order valence-corrected chi connectivity index (χ0v) is 8.62. The average molecular weight is 215 g/mol.